The molecule has 2 aromatic carbocycles. The Morgan fingerprint density at radius 1 is 0.903 bits per heavy atom. The normalized spacial score (nSPS) is 11.7. The lowest BCUT2D eigenvalue weighted by Crippen LogP contribution is -2.17. The molecule has 0 unspecified atom stereocenters. The van der Waals surface area contributed by atoms with Crippen LogP contribution in [0.3, 0.4) is 0 Å². The lowest BCUT2D eigenvalue weighted by molar-refractivity contribution is 0.102. The summed E-state index contributed by atoms with van der Waals surface area (Å²) in [4.78, 5) is 12.6. The molecule has 1 heterocycles. The number of hydrogen-bond acceptors (Lipinski definition) is 8. The third-order valence-electron chi connectivity index (χ3n) is 3.99. The maximum atomic E-state index is 12.7. The second kappa shape index (κ2) is 8.61. The Bertz CT molecular complexity index is 1330. The van der Waals surface area contributed by atoms with E-state index < -0.39 is 26.0 Å². The molecule has 0 aliphatic rings. The molecule has 0 radical (unpaired) electrons. The first-order valence-electron chi connectivity index (χ1n) is 8.76. The predicted octanol–water partition coefficient (Wildman–Crippen LogP) is 2.58. The SMILES string of the molecule is Cc1ccc(NS(=O)(=O)c2ccc(C)c(C(=O)Nc3nnc(NS(C)(=O)=O)s3)c2)cc1. The standard InChI is InChI=1S/C18H19N5O5S3/c1-11-4-7-13(8-5-11)22-31(27,28)14-9-6-12(2)15(10-14)16(24)19-17-20-21-18(29-17)23-30(3,25)26/h4-10,22H,1-3H3,(H,21,23)(H,19,20,24). The van der Waals surface area contributed by atoms with Crippen molar-refractivity contribution in [1.82, 2.24) is 10.2 Å². The third kappa shape index (κ3) is 5.99. The van der Waals surface area contributed by atoms with E-state index in [1.54, 1.807) is 31.2 Å². The first-order chi connectivity index (χ1) is 14.4. The van der Waals surface area contributed by atoms with E-state index in [1.165, 1.54) is 18.2 Å². The molecule has 0 aliphatic heterocycles. The van der Waals surface area contributed by atoms with Crippen LogP contribution in [0.15, 0.2) is 47.4 Å². The van der Waals surface area contributed by atoms with Crippen molar-refractivity contribution in [3.63, 3.8) is 0 Å². The molecular weight excluding hydrogens is 462 g/mol. The van der Waals surface area contributed by atoms with Crippen LogP contribution >= 0.6 is 11.3 Å². The smallest absolute Gasteiger partial charge is 0.261 e. The zero-order valence-corrected chi connectivity index (χ0v) is 19.2. The van der Waals surface area contributed by atoms with Gasteiger partial charge in [0, 0.05) is 11.3 Å². The summed E-state index contributed by atoms with van der Waals surface area (Å²) in [6.07, 6.45) is 0.965. The Labute approximate surface area is 183 Å². The average Bonchev–Trinajstić information content (AvgIpc) is 3.08. The number of carbonyl (C=O) groups excluding carboxylic acids is 1. The van der Waals surface area contributed by atoms with E-state index in [0.717, 1.165) is 23.2 Å². The van der Waals surface area contributed by atoms with Crippen molar-refractivity contribution < 1.29 is 21.6 Å². The van der Waals surface area contributed by atoms with Gasteiger partial charge in [-0.3, -0.25) is 19.6 Å². The number of nitrogens with one attached hydrogen (secondary N) is 3. The molecule has 10 nitrogen and oxygen atoms in total. The van der Waals surface area contributed by atoms with E-state index in [-0.39, 0.29) is 20.7 Å². The van der Waals surface area contributed by atoms with Crippen LogP contribution in [0.25, 0.3) is 0 Å². The van der Waals surface area contributed by atoms with Gasteiger partial charge in [-0.15, -0.1) is 10.2 Å². The molecule has 3 rings (SSSR count). The molecule has 3 N–H and O–H groups in total. The molecule has 1 aromatic heterocycles. The van der Waals surface area contributed by atoms with Crippen LogP contribution in [-0.2, 0) is 20.0 Å². The number of hydrogen-bond donors (Lipinski definition) is 3. The molecule has 3 aromatic rings. The lowest BCUT2D eigenvalue weighted by atomic mass is 10.1. The van der Waals surface area contributed by atoms with Crippen molar-refractivity contribution in [2.75, 3.05) is 21.0 Å². The third-order valence-corrected chi connectivity index (χ3v) is 6.81. The van der Waals surface area contributed by atoms with Gasteiger partial charge in [-0.05, 0) is 43.7 Å². The maximum Gasteiger partial charge on any atom is 0.261 e. The number of rotatable bonds is 7. The zero-order valence-electron chi connectivity index (χ0n) is 16.7. The Hall–Kier alpha value is -3.03. The second-order valence-electron chi connectivity index (χ2n) is 6.69. The number of sulfonamides is 2. The van der Waals surface area contributed by atoms with Crippen LogP contribution in [0.2, 0.25) is 0 Å². The van der Waals surface area contributed by atoms with Crippen molar-refractivity contribution in [3.8, 4) is 0 Å². The van der Waals surface area contributed by atoms with Crippen LogP contribution in [0.1, 0.15) is 21.5 Å². The summed E-state index contributed by atoms with van der Waals surface area (Å²) in [5, 5.41) is 9.89. The molecule has 0 aliphatic carbocycles. The highest BCUT2D eigenvalue weighted by molar-refractivity contribution is 7.92. The molecule has 13 heteroatoms. The highest BCUT2D eigenvalue weighted by atomic mass is 32.2. The van der Waals surface area contributed by atoms with E-state index in [4.69, 9.17) is 0 Å². The van der Waals surface area contributed by atoms with Crippen LogP contribution in [0.5, 0.6) is 0 Å². The van der Waals surface area contributed by atoms with Gasteiger partial charge in [-0.1, -0.05) is 35.1 Å². The van der Waals surface area contributed by atoms with Gasteiger partial charge in [-0.25, -0.2) is 16.8 Å². The number of anilines is 3. The van der Waals surface area contributed by atoms with Crippen molar-refractivity contribution in [2.45, 2.75) is 18.7 Å². The number of aromatic nitrogens is 2. The van der Waals surface area contributed by atoms with E-state index >= 15 is 0 Å². The summed E-state index contributed by atoms with van der Waals surface area (Å²) in [6.45, 7) is 3.55. The molecule has 0 saturated carbocycles. The fraction of sp³-hybridized carbons (Fsp3) is 0.167. The first-order valence-corrected chi connectivity index (χ1v) is 12.9. The van der Waals surface area contributed by atoms with Gasteiger partial charge in [0.05, 0.1) is 11.2 Å². The maximum absolute atomic E-state index is 12.7. The summed E-state index contributed by atoms with van der Waals surface area (Å²) in [5.41, 5.74) is 2.06. The topological polar surface area (TPSA) is 147 Å². The highest BCUT2D eigenvalue weighted by Gasteiger charge is 2.19. The lowest BCUT2D eigenvalue weighted by Gasteiger charge is -2.11. The number of benzene rings is 2. The largest absolute Gasteiger partial charge is 0.296 e. The van der Waals surface area contributed by atoms with Crippen LogP contribution in [0, 0.1) is 13.8 Å². The van der Waals surface area contributed by atoms with Crippen molar-refractivity contribution in [3.05, 3.63) is 59.2 Å². The molecule has 0 fully saturated rings. The van der Waals surface area contributed by atoms with Crippen molar-refractivity contribution in [2.24, 2.45) is 0 Å². The molecular formula is C18H19N5O5S3. The molecule has 0 atom stereocenters. The highest BCUT2D eigenvalue weighted by Crippen LogP contribution is 2.23. The number of amides is 1. The van der Waals surface area contributed by atoms with Gasteiger partial charge >= 0.3 is 0 Å². The fourth-order valence-electron chi connectivity index (χ4n) is 2.49. The van der Waals surface area contributed by atoms with Crippen LogP contribution < -0.4 is 14.8 Å². The average molecular weight is 482 g/mol. The Morgan fingerprint density at radius 2 is 1.55 bits per heavy atom. The van der Waals surface area contributed by atoms with E-state index in [2.05, 4.69) is 25.0 Å². The first kappa shape index (κ1) is 22.7. The minimum atomic E-state index is -3.92. The second-order valence-corrected chi connectivity index (χ2v) is 11.1. The van der Waals surface area contributed by atoms with Crippen molar-refractivity contribution >= 4 is 53.2 Å². The van der Waals surface area contributed by atoms with E-state index in [0.29, 0.717) is 11.3 Å². The molecule has 31 heavy (non-hydrogen) atoms. The number of nitrogens with zero attached hydrogens (tertiary/aromatic N) is 2. The van der Waals surface area contributed by atoms with Gasteiger partial charge in [0.2, 0.25) is 20.3 Å². The van der Waals surface area contributed by atoms with Gasteiger partial charge in [-0.2, -0.15) is 0 Å². The van der Waals surface area contributed by atoms with Crippen molar-refractivity contribution in [1.29, 1.82) is 0 Å². The van der Waals surface area contributed by atoms with Gasteiger partial charge < -0.3 is 0 Å². The minimum absolute atomic E-state index is 0.00634. The Kier molecular flexibility index (Phi) is 6.29. The molecule has 1 amide bonds. The van der Waals surface area contributed by atoms with Crippen LogP contribution in [-0.4, -0.2) is 39.2 Å². The van der Waals surface area contributed by atoms with Crippen LogP contribution in [0.4, 0.5) is 16.0 Å². The quantitative estimate of drug-likeness (QED) is 0.470. The number of carbonyl (C=O) groups is 1. The minimum Gasteiger partial charge on any atom is -0.296 e. The van der Waals surface area contributed by atoms with E-state index in [1.807, 2.05) is 6.92 Å². The summed E-state index contributed by atoms with van der Waals surface area (Å²) < 4.78 is 52.6. The molecule has 0 bridgehead atoms. The Morgan fingerprint density at radius 3 is 2.19 bits per heavy atom. The van der Waals surface area contributed by atoms with Gasteiger partial charge in [0.15, 0.2) is 0 Å². The summed E-state index contributed by atoms with van der Waals surface area (Å²) in [6, 6.07) is 11.0. The number of aryl methyl sites for hydroxylation is 2. The predicted molar refractivity (Wildman–Crippen MR) is 119 cm³/mol. The summed E-state index contributed by atoms with van der Waals surface area (Å²) in [5.74, 6) is -0.605. The fourth-order valence-corrected chi connectivity index (χ4v) is 5.04. The van der Waals surface area contributed by atoms with Gasteiger partial charge in [0.25, 0.3) is 15.9 Å². The van der Waals surface area contributed by atoms with E-state index in [9.17, 15) is 21.6 Å². The molecule has 0 saturated heterocycles. The van der Waals surface area contributed by atoms with Gasteiger partial charge in [0.1, 0.15) is 0 Å². The summed E-state index contributed by atoms with van der Waals surface area (Å²) in [7, 11) is -7.45. The molecule has 164 valence electrons. The zero-order chi connectivity index (χ0) is 22.8. The monoisotopic (exact) mass is 481 g/mol. The Balaban J connectivity index is 1.81. The summed E-state index contributed by atoms with van der Waals surface area (Å²) >= 11 is 0.826. The molecule has 0 spiro atoms.